The summed E-state index contributed by atoms with van der Waals surface area (Å²) in [6, 6.07) is 9.02. The summed E-state index contributed by atoms with van der Waals surface area (Å²) in [6.07, 6.45) is 2.09. The third-order valence-corrected chi connectivity index (χ3v) is 2.36. The van der Waals surface area contributed by atoms with E-state index in [-0.39, 0.29) is 5.91 Å². The van der Waals surface area contributed by atoms with Crippen molar-refractivity contribution >= 4 is 11.6 Å². The number of para-hydroxylation sites is 1. The lowest BCUT2D eigenvalue weighted by atomic mass is 10.2. The van der Waals surface area contributed by atoms with Crippen LogP contribution in [0.2, 0.25) is 0 Å². The first kappa shape index (κ1) is 14.2. The molecule has 18 heavy (non-hydrogen) atoms. The third-order valence-electron chi connectivity index (χ3n) is 2.36. The number of carbonyl (C=O) groups is 1. The average Bonchev–Trinajstić information content (AvgIpc) is 2.39. The molecule has 1 amide bonds. The van der Waals surface area contributed by atoms with Gasteiger partial charge in [-0.05, 0) is 25.0 Å². The molecule has 0 radical (unpaired) electrons. The monoisotopic (exact) mass is 246 g/mol. The first-order valence-electron chi connectivity index (χ1n) is 6.14. The molecular weight excluding hydrogens is 228 g/mol. The van der Waals surface area contributed by atoms with Crippen LogP contribution in [-0.4, -0.2) is 19.1 Å². The number of nitrogens with zero attached hydrogens (tertiary/aromatic N) is 1. The fraction of sp³-hybridized carbons (Fsp3) is 0.429. The van der Waals surface area contributed by atoms with Crippen LogP contribution < -0.4 is 5.32 Å². The molecule has 0 fully saturated rings. The first-order valence-corrected chi connectivity index (χ1v) is 6.14. The van der Waals surface area contributed by atoms with Gasteiger partial charge in [-0.15, -0.1) is 0 Å². The number of rotatable bonds is 7. The van der Waals surface area contributed by atoms with Crippen molar-refractivity contribution in [1.82, 2.24) is 0 Å². The van der Waals surface area contributed by atoms with Gasteiger partial charge in [0.2, 0.25) is 5.91 Å². The second kappa shape index (κ2) is 8.26. The Morgan fingerprint density at radius 2 is 2.17 bits per heavy atom. The fourth-order valence-electron chi connectivity index (χ4n) is 1.48. The molecule has 0 heterocycles. The number of hydrogen-bond acceptors (Lipinski definition) is 3. The van der Waals surface area contributed by atoms with Crippen LogP contribution in [0.4, 0.5) is 5.69 Å². The molecule has 1 aromatic rings. The molecule has 0 aliphatic carbocycles. The molecule has 96 valence electrons. The van der Waals surface area contributed by atoms with Gasteiger partial charge >= 0.3 is 0 Å². The lowest BCUT2D eigenvalue weighted by Gasteiger charge is -2.06. The highest BCUT2D eigenvalue weighted by Crippen LogP contribution is 2.13. The summed E-state index contributed by atoms with van der Waals surface area (Å²) in [4.78, 5) is 11.6. The van der Waals surface area contributed by atoms with Crippen LogP contribution in [0.1, 0.15) is 31.7 Å². The number of amides is 1. The van der Waals surface area contributed by atoms with E-state index in [0.717, 1.165) is 13.0 Å². The van der Waals surface area contributed by atoms with Crippen LogP contribution in [0.25, 0.3) is 0 Å². The molecule has 0 saturated carbocycles. The van der Waals surface area contributed by atoms with Crippen molar-refractivity contribution in [2.45, 2.75) is 26.2 Å². The highest BCUT2D eigenvalue weighted by Gasteiger charge is 2.05. The summed E-state index contributed by atoms with van der Waals surface area (Å²) in [5.41, 5.74) is 1.05. The van der Waals surface area contributed by atoms with E-state index in [0.29, 0.717) is 30.7 Å². The van der Waals surface area contributed by atoms with Gasteiger partial charge in [0, 0.05) is 19.6 Å². The molecule has 0 saturated heterocycles. The van der Waals surface area contributed by atoms with Crippen molar-refractivity contribution in [3.63, 3.8) is 0 Å². The summed E-state index contributed by atoms with van der Waals surface area (Å²) in [6.45, 7) is 3.38. The van der Waals surface area contributed by atoms with Gasteiger partial charge in [0.1, 0.15) is 6.07 Å². The number of nitriles is 1. The highest BCUT2D eigenvalue weighted by atomic mass is 16.5. The number of benzene rings is 1. The summed E-state index contributed by atoms with van der Waals surface area (Å²) < 4.78 is 5.30. The maximum absolute atomic E-state index is 11.6. The zero-order valence-electron chi connectivity index (χ0n) is 10.6. The number of carbonyl (C=O) groups excluding carboxylic acids is 1. The van der Waals surface area contributed by atoms with Crippen molar-refractivity contribution in [2.24, 2.45) is 0 Å². The van der Waals surface area contributed by atoms with Crippen LogP contribution in [0.5, 0.6) is 0 Å². The Hall–Kier alpha value is -1.86. The molecule has 0 atom stereocenters. The van der Waals surface area contributed by atoms with E-state index in [1.807, 2.05) is 13.0 Å². The van der Waals surface area contributed by atoms with Crippen molar-refractivity contribution in [2.75, 3.05) is 18.5 Å². The molecule has 0 aliphatic rings. The van der Waals surface area contributed by atoms with Crippen LogP contribution in [0.3, 0.4) is 0 Å². The lowest BCUT2D eigenvalue weighted by Crippen LogP contribution is -2.13. The minimum Gasteiger partial charge on any atom is -0.381 e. The first-order chi connectivity index (χ1) is 8.77. The largest absolute Gasteiger partial charge is 0.381 e. The Morgan fingerprint density at radius 3 is 2.89 bits per heavy atom. The predicted molar refractivity (Wildman–Crippen MR) is 70.1 cm³/mol. The normalized spacial score (nSPS) is 9.78. The van der Waals surface area contributed by atoms with Crippen LogP contribution in [-0.2, 0) is 9.53 Å². The Morgan fingerprint density at radius 1 is 1.39 bits per heavy atom. The summed E-state index contributed by atoms with van der Waals surface area (Å²) in [7, 11) is 0. The topological polar surface area (TPSA) is 62.1 Å². The van der Waals surface area contributed by atoms with E-state index in [9.17, 15) is 4.79 Å². The van der Waals surface area contributed by atoms with E-state index in [2.05, 4.69) is 5.32 Å². The Labute approximate surface area is 108 Å². The fourth-order valence-corrected chi connectivity index (χ4v) is 1.48. The summed E-state index contributed by atoms with van der Waals surface area (Å²) in [5, 5.41) is 11.6. The molecule has 0 bridgehead atoms. The van der Waals surface area contributed by atoms with Gasteiger partial charge in [-0.1, -0.05) is 19.1 Å². The minimum absolute atomic E-state index is 0.0854. The van der Waals surface area contributed by atoms with E-state index in [1.54, 1.807) is 24.3 Å². The molecule has 4 nitrogen and oxygen atoms in total. The van der Waals surface area contributed by atoms with Crippen molar-refractivity contribution in [3.05, 3.63) is 29.8 Å². The maximum atomic E-state index is 11.6. The Kier molecular flexibility index (Phi) is 6.52. The van der Waals surface area contributed by atoms with Gasteiger partial charge < -0.3 is 10.1 Å². The number of anilines is 1. The highest BCUT2D eigenvalue weighted by molar-refractivity contribution is 5.92. The second-order valence-electron chi connectivity index (χ2n) is 3.92. The van der Waals surface area contributed by atoms with E-state index >= 15 is 0 Å². The van der Waals surface area contributed by atoms with E-state index in [1.165, 1.54) is 0 Å². The SMILES string of the molecule is CCCOCCCC(=O)Nc1ccccc1C#N. The van der Waals surface area contributed by atoms with Gasteiger partial charge in [-0.3, -0.25) is 4.79 Å². The third kappa shape index (κ3) is 4.98. The summed E-state index contributed by atoms with van der Waals surface area (Å²) in [5.74, 6) is -0.0854. The van der Waals surface area contributed by atoms with Crippen LogP contribution in [0, 0.1) is 11.3 Å². The average molecular weight is 246 g/mol. The molecule has 0 unspecified atom stereocenters. The lowest BCUT2D eigenvalue weighted by molar-refractivity contribution is -0.116. The van der Waals surface area contributed by atoms with E-state index < -0.39 is 0 Å². The van der Waals surface area contributed by atoms with Gasteiger partial charge in [0.15, 0.2) is 0 Å². The van der Waals surface area contributed by atoms with E-state index in [4.69, 9.17) is 10.00 Å². The molecule has 1 aromatic carbocycles. The van der Waals surface area contributed by atoms with Crippen LogP contribution >= 0.6 is 0 Å². The standard InChI is InChI=1S/C14H18N2O2/c1-2-9-18-10-5-8-14(17)16-13-7-4-3-6-12(13)11-15/h3-4,6-7H,2,5,8-10H2,1H3,(H,16,17). The minimum atomic E-state index is -0.0854. The Balaban J connectivity index is 2.34. The van der Waals surface area contributed by atoms with Crippen molar-refractivity contribution < 1.29 is 9.53 Å². The molecular formula is C14H18N2O2. The van der Waals surface area contributed by atoms with Gasteiger partial charge in [0.25, 0.3) is 0 Å². The molecule has 0 spiro atoms. The smallest absolute Gasteiger partial charge is 0.224 e. The van der Waals surface area contributed by atoms with Crippen molar-refractivity contribution in [3.8, 4) is 6.07 Å². The second-order valence-corrected chi connectivity index (χ2v) is 3.92. The number of nitrogens with one attached hydrogen (secondary N) is 1. The molecule has 1 rings (SSSR count). The quantitative estimate of drug-likeness (QED) is 0.752. The zero-order valence-corrected chi connectivity index (χ0v) is 10.6. The van der Waals surface area contributed by atoms with Gasteiger partial charge in [0.05, 0.1) is 11.3 Å². The molecule has 4 heteroatoms. The number of hydrogen-bond donors (Lipinski definition) is 1. The summed E-state index contributed by atoms with van der Waals surface area (Å²) >= 11 is 0. The number of ether oxygens (including phenoxy) is 1. The van der Waals surface area contributed by atoms with Gasteiger partial charge in [-0.25, -0.2) is 0 Å². The molecule has 1 N–H and O–H groups in total. The molecule has 0 aromatic heterocycles. The Bertz CT molecular complexity index is 424. The van der Waals surface area contributed by atoms with Crippen molar-refractivity contribution in [1.29, 1.82) is 5.26 Å². The molecule has 0 aliphatic heterocycles. The predicted octanol–water partition coefficient (Wildman–Crippen LogP) is 2.70. The maximum Gasteiger partial charge on any atom is 0.224 e. The van der Waals surface area contributed by atoms with Crippen LogP contribution in [0.15, 0.2) is 24.3 Å². The zero-order chi connectivity index (χ0) is 13.2. The van der Waals surface area contributed by atoms with Gasteiger partial charge in [-0.2, -0.15) is 5.26 Å².